The lowest BCUT2D eigenvalue weighted by Gasteiger charge is -2.10. The summed E-state index contributed by atoms with van der Waals surface area (Å²) in [5.41, 5.74) is 7.46. The van der Waals surface area contributed by atoms with Crippen molar-refractivity contribution in [2.75, 3.05) is 6.61 Å². The first-order valence-corrected chi connectivity index (χ1v) is 6.89. The molecule has 0 bridgehead atoms. The van der Waals surface area contributed by atoms with Gasteiger partial charge in [-0.1, -0.05) is 24.3 Å². The van der Waals surface area contributed by atoms with Crippen LogP contribution in [0.3, 0.4) is 0 Å². The number of non-ortho nitro benzene ring substituents is 1. The minimum atomic E-state index is -1.05. The van der Waals surface area contributed by atoms with Crippen LogP contribution < -0.4 is 5.73 Å². The predicted octanol–water partition coefficient (Wildman–Crippen LogP) is 1.62. The molecule has 7 heteroatoms. The highest BCUT2D eigenvalue weighted by Crippen LogP contribution is 2.16. The molecule has 1 unspecified atom stereocenters. The topological polar surface area (TPSA) is 116 Å². The van der Waals surface area contributed by atoms with Gasteiger partial charge < -0.3 is 9.84 Å². The van der Waals surface area contributed by atoms with E-state index in [0.29, 0.717) is 12.0 Å². The van der Waals surface area contributed by atoms with Gasteiger partial charge in [0.1, 0.15) is 0 Å². The van der Waals surface area contributed by atoms with Crippen LogP contribution in [0, 0.1) is 10.1 Å². The number of rotatable bonds is 6. The summed E-state index contributed by atoms with van der Waals surface area (Å²) >= 11 is 0. The Hall–Kier alpha value is -2.77. The van der Waals surface area contributed by atoms with E-state index in [1.54, 1.807) is 30.3 Å². The van der Waals surface area contributed by atoms with Crippen molar-refractivity contribution in [3.8, 4) is 0 Å². The Kier molecular flexibility index (Phi) is 5.40. The quantitative estimate of drug-likeness (QED) is 0.362. The van der Waals surface area contributed by atoms with Gasteiger partial charge in [0.05, 0.1) is 17.1 Å². The molecule has 2 aromatic carbocycles. The van der Waals surface area contributed by atoms with Crippen LogP contribution in [0.1, 0.15) is 21.5 Å². The smallest absolute Gasteiger partial charge is 0.339 e. The molecule has 0 radical (unpaired) electrons. The molecular formula is C16H16N2O5. The van der Waals surface area contributed by atoms with Crippen LogP contribution in [-0.2, 0) is 11.2 Å². The highest BCUT2D eigenvalue weighted by molar-refractivity contribution is 5.89. The van der Waals surface area contributed by atoms with Gasteiger partial charge in [0.2, 0.25) is 0 Å². The molecule has 23 heavy (non-hydrogen) atoms. The van der Waals surface area contributed by atoms with Crippen molar-refractivity contribution < 1.29 is 19.6 Å². The number of esters is 1. The number of carbonyl (C=O) groups is 1. The number of nitrogens with two attached hydrogens (primary N) is 1. The van der Waals surface area contributed by atoms with Crippen LogP contribution in [-0.4, -0.2) is 28.8 Å². The number of benzene rings is 2. The van der Waals surface area contributed by atoms with Gasteiger partial charge in [-0.05, 0) is 29.7 Å². The fourth-order valence-corrected chi connectivity index (χ4v) is 2.02. The maximum atomic E-state index is 11.8. The molecule has 1 atom stereocenters. The van der Waals surface area contributed by atoms with Crippen LogP contribution in [0.5, 0.6) is 0 Å². The zero-order valence-electron chi connectivity index (χ0n) is 12.2. The van der Waals surface area contributed by atoms with Crippen LogP contribution in [0.25, 0.3) is 0 Å². The van der Waals surface area contributed by atoms with E-state index in [1.807, 2.05) is 6.07 Å². The molecule has 0 fully saturated rings. The Morgan fingerprint density at radius 1 is 1.22 bits per heavy atom. The third kappa shape index (κ3) is 4.60. The van der Waals surface area contributed by atoms with Crippen molar-refractivity contribution >= 4 is 11.7 Å². The summed E-state index contributed by atoms with van der Waals surface area (Å²) in [5.74, 6) is -0.614. The standard InChI is InChI=1S/C16H16N2O5/c17-15(10-19)23-16(20)13-3-1-2-12(9-13)8-11-4-6-14(7-5-11)18(21)22/h1-7,9,15,19H,8,10,17H2. The predicted molar refractivity (Wildman–Crippen MR) is 82.8 cm³/mol. The number of aliphatic hydroxyl groups is 1. The lowest BCUT2D eigenvalue weighted by Crippen LogP contribution is -2.30. The largest absolute Gasteiger partial charge is 0.441 e. The number of carbonyl (C=O) groups excluding carboxylic acids is 1. The van der Waals surface area contributed by atoms with E-state index >= 15 is 0 Å². The average Bonchev–Trinajstić information content (AvgIpc) is 2.55. The summed E-state index contributed by atoms with van der Waals surface area (Å²) in [5, 5.41) is 19.4. The first-order chi connectivity index (χ1) is 11.0. The molecule has 0 aliphatic heterocycles. The number of nitro benzene ring substituents is 1. The highest BCUT2D eigenvalue weighted by Gasteiger charge is 2.12. The average molecular weight is 316 g/mol. The maximum Gasteiger partial charge on any atom is 0.339 e. The van der Waals surface area contributed by atoms with E-state index in [9.17, 15) is 14.9 Å². The van der Waals surface area contributed by atoms with Gasteiger partial charge in [0, 0.05) is 12.1 Å². The van der Waals surface area contributed by atoms with Crippen molar-refractivity contribution in [2.24, 2.45) is 5.73 Å². The molecule has 0 heterocycles. The molecule has 0 aliphatic rings. The molecule has 2 rings (SSSR count). The third-order valence-electron chi connectivity index (χ3n) is 3.16. The summed E-state index contributed by atoms with van der Waals surface area (Å²) in [6.07, 6.45) is -0.536. The number of ether oxygens (including phenoxy) is 1. The molecule has 0 saturated heterocycles. The Balaban J connectivity index is 2.10. The van der Waals surface area contributed by atoms with E-state index in [0.717, 1.165) is 11.1 Å². The Labute approximate surface area is 132 Å². The van der Waals surface area contributed by atoms with E-state index < -0.39 is 23.7 Å². The fraction of sp³-hybridized carbons (Fsp3) is 0.188. The van der Waals surface area contributed by atoms with Gasteiger partial charge in [-0.15, -0.1) is 0 Å². The Bertz CT molecular complexity index is 700. The van der Waals surface area contributed by atoms with Gasteiger partial charge in [0.15, 0.2) is 6.23 Å². The lowest BCUT2D eigenvalue weighted by atomic mass is 10.0. The molecule has 0 aliphatic carbocycles. The highest BCUT2D eigenvalue weighted by atomic mass is 16.6. The van der Waals surface area contributed by atoms with Gasteiger partial charge in [-0.2, -0.15) is 0 Å². The van der Waals surface area contributed by atoms with E-state index in [-0.39, 0.29) is 5.69 Å². The molecule has 0 spiro atoms. The monoisotopic (exact) mass is 316 g/mol. The molecule has 120 valence electrons. The Morgan fingerprint density at radius 3 is 2.52 bits per heavy atom. The van der Waals surface area contributed by atoms with E-state index in [2.05, 4.69) is 0 Å². The molecule has 7 nitrogen and oxygen atoms in total. The van der Waals surface area contributed by atoms with Crippen molar-refractivity contribution in [3.63, 3.8) is 0 Å². The SMILES string of the molecule is NC(CO)OC(=O)c1cccc(Cc2ccc([N+](=O)[O-])cc2)c1. The van der Waals surface area contributed by atoms with Gasteiger partial charge >= 0.3 is 5.97 Å². The molecule has 2 aromatic rings. The van der Waals surface area contributed by atoms with Gasteiger partial charge in [0.25, 0.3) is 5.69 Å². The van der Waals surface area contributed by atoms with Crippen LogP contribution in [0.15, 0.2) is 48.5 Å². The van der Waals surface area contributed by atoms with Crippen molar-refractivity contribution in [1.29, 1.82) is 0 Å². The number of hydrogen-bond acceptors (Lipinski definition) is 6. The first-order valence-electron chi connectivity index (χ1n) is 6.89. The van der Waals surface area contributed by atoms with Crippen LogP contribution in [0.4, 0.5) is 5.69 Å². The second-order valence-electron chi connectivity index (χ2n) is 4.93. The van der Waals surface area contributed by atoms with Crippen LogP contribution >= 0.6 is 0 Å². The molecule has 3 N–H and O–H groups in total. The van der Waals surface area contributed by atoms with Crippen molar-refractivity contribution in [2.45, 2.75) is 12.6 Å². The summed E-state index contributed by atoms with van der Waals surface area (Å²) < 4.78 is 4.85. The second kappa shape index (κ2) is 7.48. The van der Waals surface area contributed by atoms with E-state index in [1.165, 1.54) is 12.1 Å². The molecule has 0 saturated carbocycles. The summed E-state index contributed by atoms with van der Waals surface area (Å²) in [7, 11) is 0. The minimum absolute atomic E-state index is 0.0315. The first kappa shape index (κ1) is 16.6. The normalized spacial score (nSPS) is 11.7. The number of aliphatic hydroxyl groups excluding tert-OH is 1. The Morgan fingerprint density at radius 2 is 1.91 bits per heavy atom. The van der Waals surface area contributed by atoms with Crippen molar-refractivity contribution in [3.05, 3.63) is 75.3 Å². The number of nitrogens with zero attached hydrogens (tertiary/aromatic N) is 1. The minimum Gasteiger partial charge on any atom is -0.441 e. The summed E-state index contributed by atoms with van der Waals surface area (Å²) in [6, 6.07) is 13.0. The summed E-state index contributed by atoms with van der Waals surface area (Å²) in [6.45, 7) is -0.450. The molecule has 0 aromatic heterocycles. The van der Waals surface area contributed by atoms with E-state index in [4.69, 9.17) is 15.6 Å². The lowest BCUT2D eigenvalue weighted by molar-refractivity contribution is -0.384. The second-order valence-corrected chi connectivity index (χ2v) is 4.93. The van der Waals surface area contributed by atoms with Crippen molar-refractivity contribution in [1.82, 2.24) is 0 Å². The number of nitro groups is 1. The van der Waals surface area contributed by atoms with Crippen LogP contribution in [0.2, 0.25) is 0 Å². The molecular weight excluding hydrogens is 300 g/mol. The van der Waals surface area contributed by atoms with Gasteiger partial charge in [-0.25, -0.2) is 4.79 Å². The zero-order chi connectivity index (χ0) is 16.8. The molecule has 0 amide bonds. The van der Waals surface area contributed by atoms with Gasteiger partial charge in [-0.3, -0.25) is 15.8 Å². The summed E-state index contributed by atoms with van der Waals surface area (Å²) in [4.78, 5) is 22.0. The maximum absolute atomic E-state index is 11.8. The fourth-order valence-electron chi connectivity index (χ4n) is 2.02. The third-order valence-corrected chi connectivity index (χ3v) is 3.16. The zero-order valence-corrected chi connectivity index (χ0v) is 12.2. The number of hydrogen-bond donors (Lipinski definition) is 2.